The number of hydrogen-bond donors (Lipinski definition) is 2. The van der Waals surface area contributed by atoms with E-state index in [9.17, 15) is 9.18 Å². The lowest BCUT2D eigenvalue weighted by molar-refractivity contribution is -0.130. The highest BCUT2D eigenvalue weighted by atomic mass is 19.1. The summed E-state index contributed by atoms with van der Waals surface area (Å²) in [5.74, 6) is 1.38. The van der Waals surface area contributed by atoms with E-state index in [1.54, 1.807) is 12.1 Å². The van der Waals surface area contributed by atoms with Crippen LogP contribution < -0.4 is 10.6 Å². The molecule has 3 aromatic carbocycles. The summed E-state index contributed by atoms with van der Waals surface area (Å²) in [5.41, 5.74) is 4.60. The zero-order valence-electron chi connectivity index (χ0n) is 19.0. The minimum Gasteiger partial charge on any atom is -0.376 e. The van der Waals surface area contributed by atoms with Crippen molar-refractivity contribution in [2.45, 2.75) is 20.0 Å². The highest BCUT2D eigenvalue weighted by Crippen LogP contribution is 2.33. The second-order valence-electron chi connectivity index (χ2n) is 8.41. The molecule has 5 rings (SSSR count). The van der Waals surface area contributed by atoms with Crippen LogP contribution in [-0.2, 0) is 17.9 Å². The topological polar surface area (TPSA) is 62.2 Å². The number of anilines is 3. The van der Waals surface area contributed by atoms with E-state index in [-0.39, 0.29) is 18.3 Å². The molecule has 0 radical (unpaired) electrons. The zero-order valence-corrected chi connectivity index (χ0v) is 19.0. The average Bonchev–Trinajstić information content (AvgIpc) is 3.22. The number of carbonyl (C=O) groups excluding carboxylic acids is 1. The molecule has 2 heterocycles. The molecular weight excluding hydrogens is 429 g/mol. The Balaban J connectivity index is 1.40. The maximum atomic E-state index is 13.6. The number of imidazole rings is 1. The van der Waals surface area contributed by atoms with E-state index in [0.717, 1.165) is 34.3 Å². The van der Waals surface area contributed by atoms with Crippen LogP contribution in [-0.4, -0.2) is 33.4 Å². The lowest BCUT2D eigenvalue weighted by Crippen LogP contribution is -2.41. The molecule has 0 atom stereocenters. The molecule has 6 nitrogen and oxygen atoms in total. The normalized spacial score (nSPS) is 12.8. The first-order valence-electron chi connectivity index (χ1n) is 11.3. The minimum atomic E-state index is -0.288. The molecule has 34 heavy (non-hydrogen) atoms. The van der Waals surface area contributed by atoms with Crippen LogP contribution in [0.4, 0.5) is 21.6 Å². The van der Waals surface area contributed by atoms with Crippen LogP contribution in [0.1, 0.15) is 11.4 Å². The summed E-state index contributed by atoms with van der Waals surface area (Å²) in [7, 11) is 0. The molecule has 1 aromatic heterocycles. The summed E-state index contributed by atoms with van der Waals surface area (Å²) in [4.78, 5) is 19.6. The second-order valence-corrected chi connectivity index (χ2v) is 8.41. The predicted octanol–water partition coefficient (Wildman–Crippen LogP) is 5.20. The van der Waals surface area contributed by atoms with Crippen LogP contribution in [0.3, 0.4) is 0 Å². The van der Waals surface area contributed by atoms with Crippen molar-refractivity contribution >= 4 is 23.1 Å². The molecular formula is C27H26FN5O. The summed E-state index contributed by atoms with van der Waals surface area (Å²) >= 11 is 0. The molecule has 7 heteroatoms. The quantitative estimate of drug-likeness (QED) is 0.420. The van der Waals surface area contributed by atoms with Gasteiger partial charge in [-0.15, -0.1) is 0 Å². The van der Waals surface area contributed by atoms with Gasteiger partial charge in [0.1, 0.15) is 23.2 Å². The fourth-order valence-corrected chi connectivity index (χ4v) is 4.10. The van der Waals surface area contributed by atoms with E-state index in [1.165, 1.54) is 17.7 Å². The van der Waals surface area contributed by atoms with Crippen LogP contribution >= 0.6 is 0 Å². The zero-order chi connectivity index (χ0) is 23.5. The standard InChI is InChI=1S/C27H26FN5O/c1-19-7-13-23(14-8-19)30-27-26(20-9-11-21(28)12-10-20)31-24-18-32(15-16-33(24)27)25(34)17-29-22-5-3-2-4-6-22/h2-14,29-30H,15-18H2,1H3. The van der Waals surface area contributed by atoms with E-state index in [4.69, 9.17) is 4.98 Å². The van der Waals surface area contributed by atoms with Gasteiger partial charge >= 0.3 is 0 Å². The molecule has 0 fully saturated rings. The molecule has 1 amide bonds. The lowest BCUT2D eigenvalue weighted by atomic mass is 10.1. The average molecular weight is 456 g/mol. The highest BCUT2D eigenvalue weighted by Gasteiger charge is 2.27. The third-order valence-corrected chi connectivity index (χ3v) is 5.97. The number of para-hydroxylation sites is 1. The van der Waals surface area contributed by atoms with Crippen molar-refractivity contribution < 1.29 is 9.18 Å². The van der Waals surface area contributed by atoms with Crippen molar-refractivity contribution in [1.82, 2.24) is 14.5 Å². The first-order chi connectivity index (χ1) is 16.6. The Bertz CT molecular complexity index is 1280. The number of nitrogens with zero attached hydrogens (tertiary/aromatic N) is 3. The van der Waals surface area contributed by atoms with Gasteiger partial charge in [-0.1, -0.05) is 35.9 Å². The first-order valence-corrected chi connectivity index (χ1v) is 11.3. The van der Waals surface area contributed by atoms with Crippen LogP contribution in [0, 0.1) is 12.7 Å². The highest BCUT2D eigenvalue weighted by molar-refractivity contribution is 5.81. The molecule has 0 unspecified atom stereocenters. The maximum Gasteiger partial charge on any atom is 0.242 e. The molecule has 0 aliphatic carbocycles. The van der Waals surface area contributed by atoms with Gasteiger partial charge in [0.25, 0.3) is 0 Å². The van der Waals surface area contributed by atoms with E-state index in [0.29, 0.717) is 19.6 Å². The van der Waals surface area contributed by atoms with E-state index in [2.05, 4.69) is 15.2 Å². The van der Waals surface area contributed by atoms with Gasteiger partial charge in [0, 0.05) is 30.0 Å². The number of aromatic nitrogens is 2. The van der Waals surface area contributed by atoms with Gasteiger partial charge in [-0.2, -0.15) is 0 Å². The Morgan fingerprint density at radius 2 is 1.68 bits per heavy atom. The molecule has 0 bridgehead atoms. The summed E-state index contributed by atoms with van der Waals surface area (Å²) in [5, 5.41) is 6.69. The third kappa shape index (κ3) is 4.64. The molecule has 1 aliphatic heterocycles. The van der Waals surface area contributed by atoms with E-state index >= 15 is 0 Å². The smallest absolute Gasteiger partial charge is 0.242 e. The minimum absolute atomic E-state index is 0.0227. The Labute approximate surface area is 198 Å². The fraction of sp³-hybridized carbons (Fsp3) is 0.185. The van der Waals surface area contributed by atoms with Gasteiger partial charge in [-0.25, -0.2) is 9.37 Å². The van der Waals surface area contributed by atoms with Gasteiger partial charge in [-0.3, -0.25) is 4.79 Å². The van der Waals surface area contributed by atoms with Gasteiger partial charge < -0.3 is 20.1 Å². The van der Waals surface area contributed by atoms with Crippen molar-refractivity contribution in [3.8, 4) is 11.3 Å². The molecule has 0 saturated carbocycles. The number of aryl methyl sites for hydroxylation is 1. The SMILES string of the molecule is Cc1ccc(Nc2c(-c3ccc(F)cc3)nc3n2CCN(C(=O)CNc2ccccc2)C3)cc1. The number of hydrogen-bond acceptors (Lipinski definition) is 4. The van der Waals surface area contributed by atoms with Crippen molar-refractivity contribution in [2.24, 2.45) is 0 Å². The summed E-state index contributed by atoms with van der Waals surface area (Å²) < 4.78 is 15.7. The number of amides is 1. The Hall–Kier alpha value is -4.13. The molecule has 172 valence electrons. The van der Waals surface area contributed by atoms with Crippen LogP contribution in [0.15, 0.2) is 78.9 Å². The van der Waals surface area contributed by atoms with E-state index < -0.39 is 0 Å². The summed E-state index contributed by atoms with van der Waals surface area (Å²) in [6.45, 7) is 3.90. The molecule has 1 aliphatic rings. The Morgan fingerprint density at radius 1 is 0.941 bits per heavy atom. The first kappa shape index (κ1) is 21.7. The van der Waals surface area contributed by atoms with Gasteiger partial charge in [0.15, 0.2) is 0 Å². The monoisotopic (exact) mass is 455 g/mol. The number of rotatable bonds is 6. The summed E-state index contributed by atoms with van der Waals surface area (Å²) in [6, 6.07) is 24.2. The lowest BCUT2D eigenvalue weighted by Gasteiger charge is -2.29. The van der Waals surface area contributed by atoms with Crippen molar-refractivity contribution in [3.05, 3.63) is 96.1 Å². The predicted molar refractivity (Wildman–Crippen MR) is 132 cm³/mol. The van der Waals surface area contributed by atoms with Gasteiger partial charge in [0.05, 0.1) is 13.1 Å². The largest absolute Gasteiger partial charge is 0.376 e. The molecule has 0 spiro atoms. The molecule has 2 N–H and O–H groups in total. The van der Waals surface area contributed by atoms with Crippen molar-refractivity contribution in [3.63, 3.8) is 0 Å². The number of nitrogens with one attached hydrogen (secondary N) is 2. The fourth-order valence-electron chi connectivity index (χ4n) is 4.10. The van der Waals surface area contributed by atoms with Crippen LogP contribution in [0.25, 0.3) is 11.3 Å². The number of fused-ring (bicyclic) bond motifs is 1. The van der Waals surface area contributed by atoms with Crippen LogP contribution in [0.5, 0.6) is 0 Å². The summed E-state index contributed by atoms with van der Waals surface area (Å²) in [6.07, 6.45) is 0. The third-order valence-electron chi connectivity index (χ3n) is 5.97. The van der Waals surface area contributed by atoms with Crippen molar-refractivity contribution in [2.75, 3.05) is 23.7 Å². The van der Waals surface area contributed by atoms with Crippen molar-refractivity contribution in [1.29, 1.82) is 0 Å². The molecule has 0 saturated heterocycles. The number of benzene rings is 3. The Morgan fingerprint density at radius 3 is 2.41 bits per heavy atom. The Kier molecular flexibility index (Phi) is 5.99. The van der Waals surface area contributed by atoms with Crippen LogP contribution in [0.2, 0.25) is 0 Å². The maximum absolute atomic E-state index is 13.6. The van der Waals surface area contributed by atoms with Gasteiger partial charge in [0.2, 0.25) is 5.91 Å². The van der Waals surface area contributed by atoms with E-state index in [1.807, 2.05) is 66.4 Å². The number of halogens is 1. The number of carbonyl (C=O) groups is 1. The second kappa shape index (κ2) is 9.39. The molecule has 4 aromatic rings. The van der Waals surface area contributed by atoms with Gasteiger partial charge in [-0.05, 0) is 55.5 Å².